The molecule has 2 aromatic heterocycles. The van der Waals surface area contributed by atoms with E-state index in [0.717, 1.165) is 39.4 Å². The topological polar surface area (TPSA) is 37.8 Å². The Morgan fingerprint density at radius 3 is 2.76 bits per heavy atom. The second kappa shape index (κ2) is 5.47. The molecule has 0 radical (unpaired) electrons. The van der Waals surface area contributed by atoms with Crippen molar-refractivity contribution in [3.8, 4) is 10.6 Å². The van der Waals surface area contributed by atoms with Gasteiger partial charge in [0.1, 0.15) is 11.6 Å². The van der Waals surface area contributed by atoms with Crippen molar-refractivity contribution in [3.63, 3.8) is 0 Å². The van der Waals surface area contributed by atoms with Crippen molar-refractivity contribution in [1.82, 2.24) is 9.97 Å². The van der Waals surface area contributed by atoms with Crippen LogP contribution in [0, 0.1) is 0 Å². The van der Waals surface area contributed by atoms with E-state index in [1.165, 1.54) is 11.3 Å². The van der Waals surface area contributed by atoms with Crippen LogP contribution < -0.4 is 5.32 Å². The molecule has 0 atom stereocenters. The highest BCUT2D eigenvalue weighted by Crippen LogP contribution is 2.30. The standard InChI is InChI=1S/C12H14ClN3S/c1-3-4-11-15-8(7-12(14-2)16-11)9-5-6-10(13)17-9/h5-7H,3-4H2,1-2H3,(H,14,15,16). The molecule has 2 aromatic rings. The van der Waals surface area contributed by atoms with Crippen molar-refractivity contribution < 1.29 is 0 Å². The summed E-state index contributed by atoms with van der Waals surface area (Å²) in [5, 5.41) is 3.06. The van der Waals surface area contributed by atoms with Gasteiger partial charge in [0.2, 0.25) is 0 Å². The van der Waals surface area contributed by atoms with Crippen LogP contribution in [-0.2, 0) is 6.42 Å². The Hall–Kier alpha value is -1.13. The second-order valence-electron chi connectivity index (χ2n) is 3.66. The van der Waals surface area contributed by atoms with Crippen LogP contribution in [0.5, 0.6) is 0 Å². The molecule has 90 valence electrons. The Bertz CT molecular complexity index is 510. The zero-order valence-corrected chi connectivity index (χ0v) is 11.4. The van der Waals surface area contributed by atoms with E-state index < -0.39 is 0 Å². The molecule has 0 bridgehead atoms. The molecule has 5 heteroatoms. The molecular weight excluding hydrogens is 254 g/mol. The lowest BCUT2D eigenvalue weighted by Gasteiger charge is -2.05. The molecule has 0 aliphatic heterocycles. The third-order valence-corrected chi connectivity index (χ3v) is 3.58. The number of hydrogen-bond donors (Lipinski definition) is 1. The summed E-state index contributed by atoms with van der Waals surface area (Å²) in [7, 11) is 1.86. The SMILES string of the molecule is CCCc1nc(NC)cc(-c2ccc(Cl)s2)n1. The molecule has 0 unspecified atom stereocenters. The van der Waals surface area contributed by atoms with Gasteiger partial charge in [0.15, 0.2) is 0 Å². The summed E-state index contributed by atoms with van der Waals surface area (Å²) in [4.78, 5) is 10.1. The van der Waals surface area contributed by atoms with Crippen LogP contribution in [0.25, 0.3) is 10.6 Å². The van der Waals surface area contributed by atoms with E-state index in [2.05, 4.69) is 22.2 Å². The number of nitrogens with zero attached hydrogens (tertiary/aromatic N) is 2. The molecule has 0 aliphatic rings. The molecule has 0 aliphatic carbocycles. The number of thiophene rings is 1. The lowest BCUT2D eigenvalue weighted by Crippen LogP contribution is -2.01. The van der Waals surface area contributed by atoms with Crippen LogP contribution in [0.15, 0.2) is 18.2 Å². The van der Waals surface area contributed by atoms with Crippen LogP contribution in [0.1, 0.15) is 19.2 Å². The van der Waals surface area contributed by atoms with E-state index in [1.807, 2.05) is 25.2 Å². The first-order chi connectivity index (χ1) is 8.22. The van der Waals surface area contributed by atoms with E-state index in [-0.39, 0.29) is 0 Å². The predicted molar refractivity (Wildman–Crippen MR) is 73.9 cm³/mol. The fourth-order valence-electron chi connectivity index (χ4n) is 1.54. The number of aromatic nitrogens is 2. The van der Waals surface area contributed by atoms with Crippen molar-refractivity contribution >= 4 is 28.8 Å². The smallest absolute Gasteiger partial charge is 0.131 e. The lowest BCUT2D eigenvalue weighted by atomic mass is 10.3. The Labute approximate surface area is 110 Å². The Balaban J connectivity index is 2.42. The molecule has 0 spiro atoms. The number of hydrogen-bond acceptors (Lipinski definition) is 4. The van der Waals surface area contributed by atoms with Crippen LogP contribution in [0.3, 0.4) is 0 Å². The van der Waals surface area contributed by atoms with Crippen molar-refractivity contribution in [1.29, 1.82) is 0 Å². The Kier molecular flexibility index (Phi) is 3.97. The van der Waals surface area contributed by atoms with Crippen LogP contribution >= 0.6 is 22.9 Å². The first-order valence-corrected chi connectivity index (χ1v) is 6.73. The zero-order valence-electron chi connectivity index (χ0n) is 9.83. The number of nitrogens with one attached hydrogen (secondary N) is 1. The normalized spacial score (nSPS) is 10.5. The maximum Gasteiger partial charge on any atom is 0.131 e. The summed E-state index contributed by atoms with van der Waals surface area (Å²) >= 11 is 7.48. The molecule has 2 heterocycles. The molecule has 0 aromatic carbocycles. The van der Waals surface area contributed by atoms with Crippen LogP contribution in [-0.4, -0.2) is 17.0 Å². The lowest BCUT2D eigenvalue weighted by molar-refractivity contribution is 0.838. The van der Waals surface area contributed by atoms with E-state index >= 15 is 0 Å². The molecule has 0 amide bonds. The minimum Gasteiger partial charge on any atom is -0.373 e. The zero-order chi connectivity index (χ0) is 12.3. The summed E-state index contributed by atoms with van der Waals surface area (Å²) in [5.74, 6) is 1.72. The Morgan fingerprint density at radius 1 is 1.35 bits per heavy atom. The van der Waals surface area contributed by atoms with Gasteiger partial charge in [-0.25, -0.2) is 9.97 Å². The third-order valence-electron chi connectivity index (χ3n) is 2.33. The fraction of sp³-hybridized carbons (Fsp3) is 0.333. The van der Waals surface area contributed by atoms with E-state index in [1.54, 1.807) is 0 Å². The van der Waals surface area contributed by atoms with Gasteiger partial charge in [0, 0.05) is 19.5 Å². The summed E-state index contributed by atoms with van der Waals surface area (Å²) in [6, 6.07) is 5.83. The van der Waals surface area contributed by atoms with Crippen molar-refractivity contribution in [3.05, 3.63) is 28.4 Å². The largest absolute Gasteiger partial charge is 0.373 e. The molecular formula is C12H14ClN3S. The molecule has 3 nitrogen and oxygen atoms in total. The maximum absolute atomic E-state index is 5.94. The van der Waals surface area contributed by atoms with E-state index in [9.17, 15) is 0 Å². The van der Waals surface area contributed by atoms with Gasteiger partial charge in [-0.2, -0.15) is 0 Å². The van der Waals surface area contributed by atoms with Crippen LogP contribution in [0.2, 0.25) is 4.34 Å². The Morgan fingerprint density at radius 2 is 2.18 bits per heavy atom. The average Bonchev–Trinajstić information content (AvgIpc) is 2.76. The minimum absolute atomic E-state index is 0.779. The first-order valence-electron chi connectivity index (χ1n) is 5.54. The number of anilines is 1. The summed E-state index contributed by atoms with van der Waals surface area (Å²) < 4.78 is 0.779. The van der Waals surface area contributed by atoms with Gasteiger partial charge >= 0.3 is 0 Å². The van der Waals surface area contributed by atoms with E-state index in [0.29, 0.717) is 0 Å². The highest BCUT2D eigenvalue weighted by molar-refractivity contribution is 7.19. The average molecular weight is 268 g/mol. The molecule has 0 saturated carbocycles. The van der Waals surface area contributed by atoms with E-state index in [4.69, 9.17) is 11.6 Å². The van der Waals surface area contributed by atoms with Gasteiger partial charge in [-0.05, 0) is 18.6 Å². The highest BCUT2D eigenvalue weighted by Gasteiger charge is 2.07. The monoisotopic (exact) mass is 267 g/mol. The quantitative estimate of drug-likeness (QED) is 0.914. The first kappa shape index (κ1) is 12.3. The third kappa shape index (κ3) is 2.96. The van der Waals surface area contributed by atoms with Gasteiger partial charge in [-0.3, -0.25) is 0 Å². The summed E-state index contributed by atoms with van der Waals surface area (Å²) in [6.45, 7) is 2.12. The van der Waals surface area contributed by atoms with Crippen molar-refractivity contribution in [2.24, 2.45) is 0 Å². The maximum atomic E-state index is 5.94. The number of halogens is 1. The van der Waals surface area contributed by atoms with Gasteiger partial charge in [0.25, 0.3) is 0 Å². The second-order valence-corrected chi connectivity index (χ2v) is 5.37. The molecule has 2 rings (SSSR count). The predicted octanol–water partition coefficient (Wildman–Crippen LogP) is 3.85. The minimum atomic E-state index is 0.779. The molecule has 0 fully saturated rings. The van der Waals surface area contributed by atoms with Gasteiger partial charge in [-0.15, -0.1) is 11.3 Å². The van der Waals surface area contributed by atoms with Gasteiger partial charge in [0.05, 0.1) is 14.9 Å². The molecule has 17 heavy (non-hydrogen) atoms. The fourth-order valence-corrected chi connectivity index (χ4v) is 2.54. The molecule has 1 N–H and O–H groups in total. The molecule has 0 saturated heterocycles. The van der Waals surface area contributed by atoms with Crippen molar-refractivity contribution in [2.75, 3.05) is 12.4 Å². The summed E-state index contributed by atoms with van der Waals surface area (Å²) in [6.07, 6.45) is 1.93. The van der Waals surface area contributed by atoms with Gasteiger partial charge in [-0.1, -0.05) is 18.5 Å². The van der Waals surface area contributed by atoms with Crippen LogP contribution in [0.4, 0.5) is 5.82 Å². The summed E-state index contributed by atoms with van der Waals surface area (Å²) in [5.41, 5.74) is 0.935. The van der Waals surface area contributed by atoms with Crippen molar-refractivity contribution in [2.45, 2.75) is 19.8 Å². The number of aryl methyl sites for hydroxylation is 1. The number of rotatable bonds is 4. The van der Waals surface area contributed by atoms with Gasteiger partial charge < -0.3 is 5.32 Å². The highest BCUT2D eigenvalue weighted by atomic mass is 35.5.